The van der Waals surface area contributed by atoms with Crippen molar-refractivity contribution in [3.05, 3.63) is 35.4 Å². The molecule has 0 aromatic heterocycles. The summed E-state index contributed by atoms with van der Waals surface area (Å²) in [6.45, 7) is 7.47. The van der Waals surface area contributed by atoms with Gasteiger partial charge in [0.15, 0.2) is 0 Å². The van der Waals surface area contributed by atoms with Crippen molar-refractivity contribution in [2.75, 3.05) is 19.6 Å². The molecular weight excluding hydrogens is 278 g/mol. The van der Waals surface area contributed by atoms with Gasteiger partial charge in [0, 0.05) is 26.6 Å². The first-order valence-corrected chi connectivity index (χ1v) is 7.90. The van der Waals surface area contributed by atoms with Gasteiger partial charge in [0.25, 0.3) is 0 Å². The van der Waals surface area contributed by atoms with Gasteiger partial charge in [-0.15, -0.1) is 0 Å². The smallest absolute Gasteiger partial charge is 0.245 e. The lowest BCUT2D eigenvalue weighted by atomic mass is 10.00. The van der Waals surface area contributed by atoms with Crippen molar-refractivity contribution < 1.29 is 9.59 Å². The number of benzene rings is 1. The third-order valence-corrected chi connectivity index (χ3v) is 4.09. The first-order chi connectivity index (χ1) is 10.5. The molecule has 2 rings (SSSR count). The molecule has 0 bridgehead atoms. The van der Waals surface area contributed by atoms with Crippen LogP contribution in [-0.2, 0) is 16.0 Å². The number of piperazine rings is 1. The van der Waals surface area contributed by atoms with Crippen LogP contribution in [-0.4, -0.2) is 42.4 Å². The van der Waals surface area contributed by atoms with E-state index in [-0.39, 0.29) is 17.9 Å². The average Bonchev–Trinajstić information content (AvgIpc) is 2.53. The molecular formula is C17H25N3O2. The SMILES string of the molecule is CCc1ccc(C2CNCCN2C(=O)C(C)NC(C)=O)cc1. The summed E-state index contributed by atoms with van der Waals surface area (Å²) >= 11 is 0. The summed E-state index contributed by atoms with van der Waals surface area (Å²) in [7, 11) is 0. The number of aryl methyl sites for hydroxylation is 1. The van der Waals surface area contributed by atoms with Gasteiger partial charge in [-0.3, -0.25) is 9.59 Å². The van der Waals surface area contributed by atoms with Crippen molar-refractivity contribution in [3.8, 4) is 0 Å². The van der Waals surface area contributed by atoms with Crippen LogP contribution in [0, 0.1) is 0 Å². The van der Waals surface area contributed by atoms with Gasteiger partial charge >= 0.3 is 0 Å². The number of rotatable bonds is 4. The van der Waals surface area contributed by atoms with Gasteiger partial charge in [0.1, 0.15) is 6.04 Å². The maximum atomic E-state index is 12.6. The topological polar surface area (TPSA) is 61.4 Å². The van der Waals surface area contributed by atoms with Crippen LogP contribution in [0.25, 0.3) is 0 Å². The molecule has 120 valence electrons. The Labute approximate surface area is 132 Å². The monoisotopic (exact) mass is 303 g/mol. The molecule has 0 saturated carbocycles. The first kappa shape index (κ1) is 16.5. The minimum Gasteiger partial charge on any atom is -0.345 e. The summed E-state index contributed by atoms with van der Waals surface area (Å²) < 4.78 is 0. The second-order valence-corrected chi connectivity index (χ2v) is 5.77. The number of hydrogen-bond acceptors (Lipinski definition) is 3. The summed E-state index contributed by atoms with van der Waals surface area (Å²) in [5, 5.41) is 6.02. The van der Waals surface area contributed by atoms with Gasteiger partial charge in [-0.25, -0.2) is 0 Å². The molecule has 0 aliphatic carbocycles. The molecule has 1 heterocycles. The minimum absolute atomic E-state index is 0.0170. The third-order valence-electron chi connectivity index (χ3n) is 4.09. The van der Waals surface area contributed by atoms with Gasteiger partial charge < -0.3 is 15.5 Å². The van der Waals surface area contributed by atoms with Gasteiger partial charge in [-0.05, 0) is 24.5 Å². The number of hydrogen-bond donors (Lipinski definition) is 2. The van der Waals surface area contributed by atoms with Crippen LogP contribution in [0.1, 0.15) is 37.9 Å². The average molecular weight is 303 g/mol. The maximum Gasteiger partial charge on any atom is 0.245 e. The van der Waals surface area contributed by atoms with E-state index in [1.807, 2.05) is 4.90 Å². The van der Waals surface area contributed by atoms with E-state index in [4.69, 9.17) is 0 Å². The second-order valence-electron chi connectivity index (χ2n) is 5.77. The van der Waals surface area contributed by atoms with Crippen LogP contribution in [0.15, 0.2) is 24.3 Å². The molecule has 0 spiro atoms. The fourth-order valence-electron chi connectivity index (χ4n) is 2.86. The molecule has 1 aromatic carbocycles. The van der Waals surface area contributed by atoms with Gasteiger partial charge in [0.2, 0.25) is 11.8 Å². The lowest BCUT2D eigenvalue weighted by Crippen LogP contribution is -2.54. The zero-order chi connectivity index (χ0) is 16.1. The van der Waals surface area contributed by atoms with Crippen LogP contribution < -0.4 is 10.6 Å². The molecule has 2 N–H and O–H groups in total. The number of nitrogens with one attached hydrogen (secondary N) is 2. The van der Waals surface area contributed by atoms with Gasteiger partial charge in [0.05, 0.1) is 6.04 Å². The molecule has 2 unspecified atom stereocenters. The van der Waals surface area contributed by atoms with E-state index >= 15 is 0 Å². The second kappa shape index (κ2) is 7.40. The summed E-state index contributed by atoms with van der Waals surface area (Å²) in [6, 6.07) is 7.95. The standard InChI is InChI=1S/C17H25N3O2/c1-4-14-5-7-15(8-6-14)16-11-18-9-10-20(16)17(22)12(2)19-13(3)21/h5-8,12,16,18H,4,9-11H2,1-3H3,(H,19,21). The fraction of sp³-hybridized carbons (Fsp3) is 0.529. The molecule has 5 heteroatoms. The highest BCUT2D eigenvalue weighted by atomic mass is 16.2. The summed E-state index contributed by atoms with van der Waals surface area (Å²) in [5.41, 5.74) is 2.42. The largest absolute Gasteiger partial charge is 0.345 e. The minimum atomic E-state index is -0.493. The normalized spacial score (nSPS) is 19.6. The molecule has 22 heavy (non-hydrogen) atoms. The molecule has 2 amide bonds. The lowest BCUT2D eigenvalue weighted by Gasteiger charge is -2.38. The van der Waals surface area contributed by atoms with Crippen molar-refractivity contribution in [1.29, 1.82) is 0 Å². The van der Waals surface area contributed by atoms with E-state index < -0.39 is 6.04 Å². The fourth-order valence-corrected chi connectivity index (χ4v) is 2.86. The highest BCUT2D eigenvalue weighted by Gasteiger charge is 2.30. The molecule has 5 nitrogen and oxygen atoms in total. The van der Waals surface area contributed by atoms with E-state index in [1.54, 1.807) is 6.92 Å². The van der Waals surface area contributed by atoms with Gasteiger partial charge in [-0.2, -0.15) is 0 Å². The van der Waals surface area contributed by atoms with E-state index in [0.29, 0.717) is 6.54 Å². The lowest BCUT2D eigenvalue weighted by molar-refractivity contribution is -0.138. The number of carbonyl (C=O) groups excluding carboxylic acids is 2. The number of carbonyl (C=O) groups is 2. The Bertz CT molecular complexity index is 527. The molecule has 1 aliphatic rings. The quantitative estimate of drug-likeness (QED) is 0.880. The van der Waals surface area contributed by atoms with Crippen molar-refractivity contribution in [2.45, 2.75) is 39.3 Å². The Morgan fingerprint density at radius 3 is 2.64 bits per heavy atom. The van der Waals surface area contributed by atoms with Crippen LogP contribution >= 0.6 is 0 Å². The zero-order valence-corrected chi connectivity index (χ0v) is 13.6. The van der Waals surface area contributed by atoms with Crippen LogP contribution in [0.3, 0.4) is 0 Å². The van der Waals surface area contributed by atoms with E-state index in [9.17, 15) is 9.59 Å². The summed E-state index contributed by atoms with van der Waals surface area (Å²) in [5.74, 6) is -0.207. The Hall–Kier alpha value is -1.88. The molecule has 1 saturated heterocycles. The van der Waals surface area contributed by atoms with Crippen LogP contribution in [0.5, 0.6) is 0 Å². The van der Waals surface area contributed by atoms with Crippen molar-refractivity contribution in [2.24, 2.45) is 0 Å². The van der Waals surface area contributed by atoms with Crippen molar-refractivity contribution >= 4 is 11.8 Å². The van der Waals surface area contributed by atoms with Crippen LogP contribution in [0.2, 0.25) is 0 Å². The van der Waals surface area contributed by atoms with Gasteiger partial charge in [-0.1, -0.05) is 31.2 Å². The molecule has 1 fully saturated rings. The predicted octanol–water partition coefficient (Wildman–Crippen LogP) is 1.25. The Morgan fingerprint density at radius 1 is 1.36 bits per heavy atom. The highest BCUT2D eigenvalue weighted by molar-refractivity contribution is 5.86. The molecule has 1 aromatic rings. The summed E-state index contributed by atoms with van der Waals surface area (Å²) in [4.78, 5) is 25.7. The Balaban J connectivity index is 2.16. The molecule has 2 atom stereocenters. The predicted molar refractivity (Wildman–Crippen MR) is 86.4 cm³/mol. The van der Waals surface area contributed by atoms with E-state index in [2.05, 4.69) is 41.8 Å². The highest BCUT2D eigenvalue weighted by Crippen LogP contribution is 2.23. The zero-order valence-electron chi connectivity index (χ0n) is 13.6. The molecule has 1 aliphatic heterocycles. The van der Waals surface area contributed by atoms with E-state index in [1.165, 1.54) is 12.5 Å². The Kier molecular flexibility index (Phi) is 5.55. The van der Waals surface area contributed by atoms with Crippen LogP contribution in [0.4, 0.5) is 0 Å². The van der Waals surface area contributed by atoms with E-state index in [0.717, 1.165) is 25.1 Å². The van der Waals surface area contributed by atoms with Crippen molar-refractivity contribution in [3.63, 3.8) is 0 Å². The van der Waals surface area contributed by atoms with Crippen molar-refractivity contribution in [1.82, 2.24) is 15.5 Å². The third kappa shape index (κ3) is 3.85. The Morgan fingerprint density at radius 2 is 2.05 bits per heavy atom. The summed E-state index contributed by atoms with van der Waals surface area (Å²) in [6.07, 6.45) is 1.01. The maximum absolute atomic E-state index is 12.6. The number of nitrogens with zero attached hydrogens (tertiary/aromatic N) is 1. The first-order valence-electron chi connectivity index (χ1n) is 7.90. The number of amides is 2. The molecule has 0 radical (unpaired) electrons.